The molecule has 4 rings (SSSR count). The Bertz CT molecular complexity index is 999. The molecule has 0 spiro atoms. The number of carbonyl (C=O) groups is 2. The lowest BCUT2D eigenvalue weighted by Crippen LogP contribution is -2.34. The zero-order valence-corrected chi connectivity index (χ0v) is 16.0. The van der Waals surface area contributed by atoms with E-state index in [0.29, 0.717) is 6.54 Å². The predicted octanol–water partition coefficient (Wildman–Crippen LogP) is 2.04. The second-order valence-corrected chi connectivity index (χ2v) is 6.52. The van der Waals surface area contributed by atoms with Crippen molar-refractivity contribution >= 4 is 11.9 Å². The molecule has 10 nitrogen and oxygen atoms in total. The number of nitrogens with one attached hydrogen (secondary N) is 1. The smallest absolute Gasteiger partial charge is 0.475 e. The number of hydrogen-bond acceptors (Lipinski definition) is 7. The van der Waals surface area contributed by atoms with E-state index >= 15 is 0 Å². The average molecular weight is 441 g/mol. The maximum absolute atomic E-state index is 11.9. The number of halogens is 3. The first kappa shape index (κ1) is 22.1. The van der Waals surface area contributed by atoms with E-state index in [4.69, 9.17) is 18.8 Å². The summed E-state index contributed by atoms with van der Waals surface area (Å²) in [6, 6.07) is 3.51. The minimum atomic E-state index is -5.08. The molecule has 0 radical (unpaired) electrons. The molecule has 1 amide bonds. The number of carbonyl (C=O) groups excluding carboxylic acids is 1. The second-order valence-electron chi connectivity index (χ2n) is 6.52. The summed E-state index contributed by atoms with van der Waals surface area (Å²) >= 11 is 0. The third-order valence-electron chi connectivity index (χ3n) is 4.35. The van der Waals surface area contributed by atoms with Crippen LogP contribution in [0.2, 0.25) is 0 Å². The van der Waals surface area contributed by atoms with Gasteiger partial charge in [-0.3, -0.25) is 9.69 Å². The van der Waals surface area contributed by atoms with Crippen LogP contribution in [0.3, 0.4) is 0 Å². The van der Waals surface area contributed by atoms with Crippen LogP contribution in [-0.4, -0.2) is 49.3 Å². The first-order valence-corrected chi connectivity index (χ1v) is 8.99. The third kappa shape index (κ3) is 5.94. The van der Waals surface area contributed by atoms with Gasteiger partial charge in [-0.05, 0) is 6.07 Å². The van der Waals surface area contributed by atoms with Gasteiger partial charge in [0.05, 0.1) is 43.7 Å². The van der Waals surface area contributed by atoms with E-state index in [2.05, 4.69) is 24.9 Å². The predicted molar refractivity (Wildman–Crippen MR) is 96.4 cm³/mol. The maximum atomic E-state index is 11.9. The molecule has 0 fully saturated rings. The molecule has 166 valence electrons. The number of aliphatic carboxylic acids is 1. The van der Waals surface area contributed by atoms with Gasteiger partial charge in [0, 0.05) is 31.3 Å². The molecule has 2 N–H and O–H groups in total. The van der Waals surface area contributed by atoms with E-state index in [9.17, 15) is 18.0 Å². The Kier molecular flexibility index (Phi) is 6.74. The van der Waals surface area contributed by atoms with E-state index in [1.54, 1.807) is 12.5 Å². The van der Waals surface area contributed by atoms with Crippen molar-refractivity contribution in [2.75, 3.05) is 6.54 Å². The standard InChI is InChI=1S/C16H17N5O3.C2HF3O2/c22-16(14-1-3-19-24-14)18-8-13-7-17-15-10-20(4-5-21(13)15)9-12-2-6-23-11-12;3-2(4,5)1(6)7/h1-3,6-7,11H,4-5,8-10H2,(H,18,22);(H,6,7). The lowest BCUT2D eigenvalue weighted by molar-refractivity contribution is -0.192. The fourth-order valence-electron chi connectivity index (χ4n) is 2.88. The van der Waals surface area contributed by atoms with Crippen LogP contribution in [0, 0.1) is 0 Å². The number of furan rings is 1. The number of carboxylic acids is 1. The number of carboxylic acid groups (broad SMARTS) is 1. The van der Waals surface area contributed by atoms with Gasteiger partial charge < -0.3 is 23.9 Å². The molecule has 0 unspecified atom stereocenters. The Labute approximate surface area is 173 Å². The molecule has 1 aliphatic rings. The maximum Gasteiger partial charge on any atom is 0.490 e. The summed E-state index contributed by atoms with van der Waals surface area (Å²) in [4.78, 5) is 27.6. The van der Waals surface area contributed by atoms with Crippen LogP contribution in [-0.2, 0) is 31.0 Å². The van der Waals surface area contributed by atoms with Crippen molar-refractivity contribution < 1.29 is 36.8 Å². The summed E-state index contributed by atoms with van der Waals surface area (Å²) in [6.07, 6.45) is 1.64. The third-order valence-corrected chi connectivity index (χ3v) is 4.35. The molecule has 0 aromatic carbocycles. The topological polar surface area (TPSA) is 127 Å². The Morgan fingerprint density at radius 3 is 2.65 bits per heavy atom. The van der Waals surface area contributed by atoms with E-state index in [0.717, 1.165) is 43.3 Å². The van der Waals surface area contributed by atoms with Gasteiger partial charge in [0.1, 0.15) is 5.82 Å². The van der Waals surface area contributed by atoms with E-state index in [1.807, 2.05) is 12.3 Å². The van der Waals surface area contributed by atoms with Crippen LogP contribution < -0.4 is 5.32 Å². The molecule has 0 atom stereocenters. The molecular formula is C18H18F3N5O5. The lowest BCUT2D eigenvalue weighted by atomic mass is 10.2. The van der Waals surface area contributed by atoms with E-state index in [1.165, 1.54) is 12.3 Å². The summed E-state index contributed by atoms with van der Waals surface area (Å²) < 4.78 is 43.9. The number of fused-ring (bicyclic) bond motifs is 1. The highest BCUT2D eigenvalue weighted by Crippen LogP contribution is 2.17. The summed E-state index contributed by atoms with van der Waals surface area (Å²) in [7, 11) is 0. The molecule has 0 aliphatic carbocycles. The van der Waals surface area contributed by atoms with Gasteiger partial charge in [-0.25, -0.2) is 9.78 Å². The highest BCUT2D eigenvalue weighted by Gasteiger charge is 2.38. The van der Waals surface area contributed by atoms with E-state index < -0.39 is 12.1 Å². The molecule has 0 saturated heterocycles. The van der Waals surface area contributed by atoms with Gasteiger partial charge >= 0.3 is 12.1 Å². The van der Waals surface area contributed by atoms with Crippen molar-refractivity contribution in [1.29, 1.82) is 0 Å². The highest BCUT2D eigenvalue weighted by atomic mass is 19.4. The number of amides is 1. The van der Waals surface area contributed by atoms with Crippen molar-refractivity contribution in [3.63, 3.8) is 0 Å². The van der Waals surface area contributed by atoms with Crippen LogP contribution >= 0.6 is 0 Å². The van der Waals surface area contributed by atoms with Gasteiger partial charge in [-0.2, -0.15) is 13.2 Å². The van der Waals surface area contributed by atoms with Crippen molar-refractivity contribution in [3.05, 3.63) is 59.9 Å². The van der Waals surface area contributed by atoms with Crippen molar-refractivity contribution in [1.82, 2.24) is 24.9 Å². The zero-order chi connectivity index (χ0) is 22.4. The number of nitrogens with zero attached hydrogens (tertiary/aromatic N) is 4. The van der Waals surface area contributed by atoms with Crippen LogP contribution in [0.25, 0.3) is 0 Å². The number of hydrogen-bond donors (Lipinski definition) is 2. The quantitative estimate of drug-likeness (QED) is 0.616. The Balaban J connectivity index is 0.000000339. The minimum absolute atomic E-state index is 0.208. The molecule has 3 aromatic heterocycles. The normalized spacial score (nSPS) is 13.8. The Hall–Kier alpha value is -3.61. The number of aromatic nitrogens is 3. The van der Waals surface area contributed by atoms with Crippen LogP contribution in [0.4, 0.5) is 13.2 Å². The monoisotopic (exact) mass is 441 g/mol. The first-order chi connectivity index (χ1) is 14.7. The molecule has 0 bridgehead atoms. The fraction of sp³-hybridized carbons (Fsp3) is 0.333. The van der Waals surface area contributed by atoms with Gasteiger partial charge in [0.2, 0.25) is 5.76 Å². The second kappa shape index (κ2) is 9.47. The molecule has 0 saturated carbocycles. The van der Waals surface area contributed by atoms with Crippen LogP contribution in [0.15, 0.2) is 46.0 Å². The van der Waals surface area contributed by atoms with Gasteiger partial charge in [0.15, 0.2) is 0 Å². The van der Waals surface area contributed by atoms with Crippen molar-refractivity contribution in [2.24, 2.45) is 0 Å². The van der Waals surface area contributed by atoms with Crippen LogP contribution in [0.1, 0.15) is 27.6 Å². The average Bonchev–Trinajstić information content (AvgIpc) is 3.48. The molecule has 3 aromatic rings. The van der Waals surface area contributed by atoms with Crippen LogP contribution in [0.5, 0.6) is 0 Å². The van der Waals surface area contributed by atoms with Crippen molar-refractivity contribution in [2.45, 2.75) is 32.4 Å². The molecular weight excluding hydrogens is 423 g/mol. The highest BCUT2D eigenvalue weighted by molar-refractivity contribution is 5.91. The Morgan fingerprint density at radius 1 is 1.26 bits per heavy atom. The van der Waals surface area contributed by atoms with Crippen molar-refractivity contribution in [3.8, 4) is 0 Å². The molecule has 13 heteroatoms. The minimum Gasteiger partial charge on any atom is -0.475 e. The van der Waals surface area contributed by atoms with Gasteiger partial charge in [-0.1, -0.05) is 5.16 Å². The number of alkyl halides is 3. The lowest BCUT2D eigenvalue weighted by Gasteiger charge is -2.28. The zero-order valence-electron chi connectivity index (χ0n) is 16.0. The summed E-state index contributed by atoms with van der Waals surface area (Å²) in [5.74, 6) is -1.82. The largest absolute Gasteiger partial charge is 0.490 e. The van der Waals surface area contributed by atoms with Gasteiger partial charge in [0.25, 0.3) is 5.91 Å². The fourth-order valence-corrected chi connectivity index (χ4v) is 2.88. The Morgan fingerprint density at radius 2 is 2.03 bits per heavy atom. The molecule has 31 heavy (non-hydrogen) atoms. The first-order valence-electron chi connectivity index (χ1n) is 8.99. The SMILES string of the molecule is O=C(NCc1cnc2n1CCN(Cc1ccoc1)C2)c1ccno1.O=C(O)C(F)(F)F. The summed E-state index contributed by atoms with van der Waals surface area (Å²) in [6.45, 7) is 3.81. The summed E-state index contributed by atoms with van der Waals surface area (Å²) in [5.41, 5.74) is 2.15. The van der Waals surface area contributed by atoms with E-state index in [-0.39, 0.29) is 11.7 Å². The molecule has 4 heterocycles. The number of imidazole rings is 1. The summed E-state index contributed by atoms with van der Waals surface area (Å²) in [5, 5.41) is 13.5. The number of rotatable bonds is 5. The van der Waals surface area contributed by atoms with Gasteiger partial charge in [-0.15, -0.1) is 0 Å². The molecule has 1 aliphatic heterocycles.